The molecular weight excluding hydrogens is 370 g/mol. The number of likely N-dealkylation sites (tertiary alicyclic amines) is 1. The molecular formula is C22H29N3O2S. The van der Waals surface area contributed by atoms with Crippen LogP contribution in [0.1, 0.15) is 55.9 Å². The molecule has 0 unspecified atom stereocenters. The first-order chi connectivity index (χ1) is 13.6. The molecule has 1 aliphatic heterocycles. The van der Waals surface area contributed by atoms with Gasteiger partial charge in [0, 0.05) is 18.0 Å². The zero-order valence-electron chi connectivity index (χ0n) is 16.7. The van der Waals surface area contributed by atoms with E-state index in [4.69, 9.17) is 0 Å². The van der Waals surface area contributed by atoms with Crippen molar-refractivity contribution in [3.05, 3.63) is 27.1 Å². The Morgan fingerprint density at radius 2 is 2.04 bits per heavy atom. The minimum absolute atomic E-state index is 0.0297. The lowest BCUT2D eigenvalue weighted by molar-refractivity contribution is -0.135. The Hall–Kier alpha value is -1.69. The van der Waals surface area contributed by atoms with Gasteiger partial charge in [0.15, 0.2) is 0 Å². The fraction of sp³-hybridized carbons (Fsp3) is 0.682. The van der Waals surface area contributed by atoms with Gasteiger partial charge >= 0.3 is 0 Å². The number of amides is 1. The molecule has 28 heavy (non-hydrogen) atoms. The van der Waals surface area contributed by atoms with E-state index >= 15 is 0 Å². The maximum Gasteiger partial charge on any atom is 0.262 e. The van der Waals surface area contributed by atoms with E-state index < -0.39 is 0 Å². The van der Waals surface area contributed by atoms with Gasteiger partial charge in [-0.15, -0.1) is 11.3 Å². The molecule has 2 aromatic heterocycles. The minimum atomic E-state index is -0.0297. The first-order valence-electron chi connectivity index (χ1n) is 10.9. The van der Waals surface area contributed by atoms with E-state index in [9.17, 15) is 9.59 Å². The summed E-state index contributed by atoms with van der Waals surface area (Å²) in [4.78, 5) is 34.8. The van der Waals surface area contributed by atoms with Crippen molar-refractivity contribution >= 4 is 27.5 Å². The molecule has 2 aliphatic carbocycles. The van der Waals surface area contributed by atoms with Crippen LogP contribution in [0.15, 0.2) is 11.1 Å². The van der Waals surface area contributed by atoms with Crippen LogP contribution in [-0.2, 0) is 24.2 Å². The minimum Gasteiger partial charge on any atom is -0.341 e. The average molecular weight is 400 g/mol. The maximum atomic E-state index is 13.1. The number of carbonyl (C=O) groups excluding carboxylic acids is 1. The van der Waals surface area contributed by atoms with E-state index in [1.54, 1.807) is 22.2 Å². The summed E-state index contributed by atoms with van der Waals surface area (Å²) >= 11 is 1.67. The second-order valence-electron chi connectivity index (χ2n) is 9.14. The van der Waals surface area contributed by atoms with Crippen molar-refractivity contribution < 1.29 is 4.79 Å². The van der Waals surface area contributed by atoms with E-state index in [0.717, 1.165) is 54.9 Å². The highest BCUT2D eigenvalue weighted by atomic mass is 32.1. The van der Waals surface area contributed by atoms with Crippen LogP contribution in [0.5, 0.6) is 0 Å². The molecule has 0 radical (unpaired) electrons. The summed E-state index contributed by atoms with van der Waals surface area (Å²) in [6, 6.07) is 0. The molecule has 6 heteroatoms. The predicted molar refractivity (Wildman–Crippen MR) is 112 cm³/mol. The molecule has 2 aromatic rings. The molecule has 1 amide bonds. The van der Waals surface area contributed by atoms with Crippen molar-refractivity contribution in [2.75, 3.05) is 13.1 Å². The van der Waals surface area contributed by atoms with Crippen LogP contribution in [0.4, 0.5) is 0 Å². The standard InChI is InChI=1S/C22H29N3O2S/c1-14-6-7-17-18(10-14)28-21-20(17)22(27)25(13-23-21)12-19(26)24-9-8-15-4-2-3-5-16(15)11-24/h13-16H,2-12H2,1H3/t14-,15-,16-/m1/s1. The molecule has 150 valence electrons. The third kappa shape index (κ3) is 3.19. The zero-order chi connectivity index (χ0) is 19.3. The third-order valence-corrected chi connectivity index (χ3v) is 8.39. The van der Waals surface area contributed by atoms with Crippen molar-refractivity contribution in [1.29, 1.82) is 0 Å². The SMILES string of the molecule is C[C@@H]1CCc2c(sc3ncn(CC(=O)N4CC[C@H]5CCCC[C@@H]5C4)c(=O)c23)C1. The number of aromatic nitrogens is 2. The Morgan fingerprint density at radius 3 is 2.89 bits per heavy atom. The Bertz CT molecular complexity index is 963. The fourth-order valence-corrected chi connectivity index (χ4v) is 6.89. The topological polar surface area (TPSA) is 55.2 Å². The van der Waals surface area contributed by atoms with Crippen molar-refractivity contribution in [2.45, 2.75) is 64.8 Å². The molecule has 2 fully saturated rings. The number of hydrogen-bond donors (Lipinski definition) is 0. The van der Waals surface area contributed by atoms with Gasteiger partial charge in [-0.1, -0.05) is 26.2 Å². The zero-order valence-corrected chi connectivity index (χ0v) is 17.5. The van der Waals surface area contributed by atoms with E-state index in [2.05, 4.69) is 11.9 Å². The quantitative estimate of drug-likeness (QED) is 0.775. The lowest BCUT2D eigenvalue weighted by Crippen LogP contribution is -2.46. The van der Waals surface area contributed by atoms with Crippen molar-refractivity contribution in [2.24, 2.45) is 17.8 Å². The number of nitrogens with zero attached hydrogens (tertiary/aromatic N) is 3. The Labute approximate surface area is 169 Å². The summed E-state index contributed by atoms with van der Waals surface area (Å²) in [5.41, 5.74) is 1.17. The third-order valence-electron chi connectivity index (χ3n) is 7.23. The largest absolute Gasteiger partial charge is 0.341 e. The van der Waals surface area contributed by atoms with E-state index in [1.807, 2.05) is 4.90 Å². The first kappa shape index (κ1) is 18.3. The van der Waals surface area contributed by atoms with Gasteiger partial charge in [-0.25, -0.2) is 4.98 Å². The van der Waals surface area contributed by atoms with Crippen molar-refractivity contribution in [1.82, 2.24) is 14.5 Å². The maximum absolute atomic E-state index is 13.1. The van der Waals surface area contributed by atoms with Crippen LogP contribution in [0, 0.1) is 17.8 Å². The number of fused-ring (bicyclic) bond motifs is 4. The second kappa shape index (κ2) is 7.29. The molecule has 0 spiro atoms. The van der Waals surface area contributed by atoms with Crippen LogP contribution in [-0.4, -0.2) is 33.4 Å². The van der Waals surface area contributed by atoms with E-state index in [-0.39, 0.29) is 18.0 Å². The molecule has 0 bridgehead atoms. The smallest absolute Gasteiger partial charge is 0.262 e. The average Bonchev–Trinajstić information content (AvgIpc) is 3.07. The van der Waals surface area contributed by atoms with Gasteiger partial charge in [0.2, 0.25) is 5.91 Å². The van der Waals surface area contributed by atoms with Gasteiger partial charge in [-0.2, -0.15) is 0 Å². The molecule has 3 atom stereocenters. The molecule has 3 heterocycles. The molecule has 5 nitrogen and oxygen atoms in total. The molecule has 0 N–H and O–H groups in total. The molecule has 5 rings (SSSR count). The van der Waals surface area contributed by atoms with Gasteiger partial charge in [-0.05, 0) is 55.4 Å². The molecule has 1 saturated carbocycles. The summed E-state index contributed by atoms with van der Waals surface area (Å²) in [7, 11) is 0. The number of rotatable bonds is 2. The van der Waals surface area contributed by atoms with Crippen LogP contribution >= 0.6 is 11.3 Å². The van der Waals surface area contributed by atoms with Crippen molar-refractivity contribution in [3.8, 4) is 0 Å². The van der Waals surface area contributed by atoms with Crippen LogP contribution in [0.2, 0.25) is 0 Å². The Kier molecular flexibility index (Phi) is 4.77. The number of carbonyl (C=O) groups is 1. The van der Waals surface area contributed by atoms with Crippen LogP contribution < -0.4 is 5.56 Å². The summed E-state index contributed by atoms with van der Waals surface area (Å²) < 4.78 is 1.54. The number of thiophene rings is 1. The lowest BCUT2D eigenvalue weighted by Gasteiger charge is -2.41. The van der Waals surface area contributed by atoms with Gasteiger partial charge < -0.3 is 4.90 Å². The normalized spacial score (nSPS) is 27.5. The molecule has 1 saturated heterocycles. The van der Waals surface area contributed by atoms with E-state index in [1.165, 1.54) is 36.1 Å². The van der Waals surface area contributed by atoms with Gasteiger partial charge in [0.25, 0.3) is 5.56 Å². The highest BCUT2D eigenvalue weighted by Gasteiger charge is 2.33. The van der Waals surface area contributed by atoms with Crippen LogP contribution in [0.3, 0.4) is 0 Å². The number of hydrogen-bond acceptors (Lipinski definition) is 4. The van der Waals surface area contributed by atoms with Gasteiger partial charge in [-0.3, -0.25) is 14.2 Å². The number of aryl methyl sites for hydroxylation is 1. The van der Waals surface area contributed by atoms with E-state index in [0.29, 0.717) is 11.8 Å². The van der Waals surface area contributed by atoms with Crippen molar-refractivity contribution in [3.63, 3.8) is 0 Å². The molecule has 3 aliphatic rings. The predicted octanol–water partition coefficient (Wildman–Crippen LogP) is 3.62. The monoisotopic (exact) mass is 399 g/mol. The fourth-order valence-electron chi connectivity index (χ4n) is 5.55. The summed E-state index contributed by atoms with van der Waals surface area (Å²) in [6.07, 6.45) is 11.1. The second-order valence-corrected chi connectivity index (χ2v) is 10.2. The van der Waals surface area contributed by atoms with Crippen LogP contribution in [0.25, 0.3) is 10.2 Å². The highest BCUT2D eigenvalue weighted by molar-refractivity contribution is 7.18. The number of piperidine rings is 1. The summed E-state index contributed by atoms with van der Waals surface area (Å²) in [5, 5.41) is 0.771. The Morgan fingerprint density at radius 1 is 1.21 bits per heavy atom. The summed E-state index contributed by atoms with van der Waals surface area (Å²) in [6.45, 7) is 4.11. The summed E-state index contributed by atoms with van der Waals surface area (Å²) in [5.74, 6) is 2.21. The van der Waals surface area contributed by atoms with Gasteiger partial charge in [0.05, 0.1) is 11.7 Å². The Balaban J connectivity index is 1.37. The molecule has 0 aromatic carbocycles. The van der Waals surface area contributed by atoms with Gasteiger partial charge in [0.1, 0.15) is 11.4 Å². The lowest BCUT2D eigenvalue weighted by atomic mass is 9.75. The highest BCUT2D eigenvalue weighted by Crippen LogP contribution is 2.37. The first-order valence-corrected chi connectivity index (χ1v) is 11.7.